The lowest BCUT2D eigenvalue weighted by Crippen LogP contribution is -2.05. The lowest BCUT2D eigenvalue weighted by Gasteiger charge is -2.13. The second-order valence-electron chi connectivity index (χ2n) is 7.63. The summed E-state index contributed by atoms with van der Waals surface area (Å²) in [7, 11) is 0. The van der Waals surface area contributed by atoms with Crippen LogP contribution in [0, 0.1) is 0 Å². The molecule has 0 bridgehead atoms. The molecule has 0 atom stereocenters. The van der Waals surface area contributed by atoms with Crippen LogP contribution >= 0.6 is 46.0 Å². The number of aromatic nitrogens is 4. The summed E-state index contributed by atoms with van der Waals surface area (Å²) in [5.74, 6) is 1.80. The molecule has 5 rings (SSSR count). The maximum atomic E-state index is 6.34. The first-order valence-corrected chi connectivity index (χ1v) is 13.7. The first kappa shape index (κ1) is 21.2. The number of aryl methyl sites for hydroxylation is 1. The molecular weight excluding hydrogens is 464 g/mol. The van der Waals surface area contributed by atoms with Gasteiger partial charge in [-0.05, 0) is 43.7 Å². The number of hydrogen-bond acceptors (Lipinski definition) is 6. The molecule has 31 heavy (non-hydrogen) atoms. The molecular formula is C23H23ClN4S3. The highest BCUT2D eigenvalue weighted by molar-refractivity contribution is 7.98. The van der Waals surface area contributed by atoms with Crippen LogP contribution in [0.5, 0.6) is 0 Å². The van der Waals surface area contributed by atoms with Gasteiger partial charge in [0.15, 0.2) is 11.0 Å². The Balaban J connectivity index is 1.37. The molecule has 1 aliphatic rings. The third-order valence-electron chi connectivity index (χ3n) is 5.47. The third-order valence-corrected chi connectivity index (χ3v) is 8.81. The molecule has 8 heteroatoms. The molecule has 0 unspecified atom stereocenters. The lowest BCUT2D eigenvalue weighted by atomic mass is 9.95. The molecule has 3 heterocycles. The monoisotopic (exact) mass is 486 g/mol. The van der Waals surface area contributed by atoms with Gasteiger partial charge >= 0.3 is 0 Å². The van der Waals surface area contributed by atoms with E-state index in [0.29, 0.717) is 0 Å². The van der Waals surface area contributed by atoms with Crippen LogP contribution in [-0.4, -0.2) is 19.7 Å². The summed E-state index contributed by atoms with van der Waals surface area (Å²) in [4.78, 5) is 6.34. The molecule has 0 N–H and O–H groups in total. The number of hydrogen-bond donors (Lipinski definition) is 0. The minimum Gasteiger partial charge on any atom is -0.302 e. The van der Waals surface area contributed by atoms with Crippen molar-refractivity contribution in [2.75, 3.05) is 0 Å². The number of halogens is 1. The summed E-state index contributed by atoms with van der Waals surface area (Å²) in [5, 5.41) is 16.3. The van der Waals surface area contributed by atoms with E-state index in [4.69, 9.17) is 16.6 Å². The molecule has 4 nitrogen and oxygen atoms in total. The molecule has 1 aliphatic carbocycles. The smallest absolute Gasteiger partial charge is 0.191 e. The summed E-state index contributed by atoms with van der Waals surface area (Å²) < 4.78 is 2.29. The molecule has 0 spiro atoms. The Kier molecular flexibility index (Phi) is 6.46. The largest absolute Gasteiger partial charge is 0.302 e. The van der Waals surface area contributed by atoms with Crippen LogP contribution in [0.3, 0.4) is 0 Å². The molecule has 0 saturated carbocycles. The average Bonchev–Trinajstić information content (AvgIpc) is 3.51. The van der Waals surface area contributed by atoms with E-state index in [9.17, 15) is 0 Å². The van der Waals surface area contributed by atoms with Gasteiger partial charge in [-0.2, -0.15) is 0 Å². The van der Waals surface area contributed by atoms with Gasteiger partial charge < -0.3 is 4.57 Å². The topological polar surface area (TPSA) is 43.6 Å². The summed E-state index contributed by atoms with van der Waals surface area (Å²) in [6, 6.07) is 7.86. The van der Waals surface area contributed by atoms with Crippen LogP contribution in [0.4, 0.5) is 0 Å². The van der Waals surface area contributed by atoms with E-state index in [1.807, 2.05) is 35.6 Å². The fraction of sp³-hybridized carbons (Fsp3) is 0.348. The Morgan fingerprint density at radius 3 is 2.81 bits per heavy atom. The molecule has 0 aliphatic heterocycles. The van der Waals surface area contributed by atoms with Crippen molar-refractivity contribution in [2.24, 2.45) is 0 Å². The summed E-state index contributed by atoms with van der Waals surface area (Å²) in [6.45, 7) is 3.13. The van der Waals surface area contributed by atoms with Gasteiger partial charge in [-0.3, -0.25) is 0 Å². The van der Waals surface area contributed by atoms with Gasteiger partial charge in [0, 0.05) is 39.1 Å². The number of rotatable bonds is 7. The zero-order valence-electron chi connectivity index (χ0n) is 17.3. The average molecular weight is 487 g/mol. The Hall–Kier alpha value is -1.67. The van der Waals surface area contributed by atoms with E-state index in [1.165, 1.54) is 41.7 Å². The minimum absolute atomic E-state index is 0.738. The third kappa shape index (κ3) is 4.33. The molecule has 0 fully saturated rings. The summed E-state index contributed by atoms with van der Waals surface area (Å²) >= 11 is 11.6. The Labute approximate surface area is 199 Å². The van der Waals surface area contributed by atoms with E-state index >= 15 is 0 Å². The van der Waals surface area contributed by atoms with Crippen molar-refractivity contribution in [1.29, 1.82) is 0 Å². The predicted molar refractivity (Wildman–Crippen MR) is 132 cm³/mol. The fourth-order valence-corrected chi connectivity index (χ4v) is 7.20. The van der Waals surface area contributed by atoms with Crippen LogP contribution in [0.15, 0.2) is 40.2 Å². The maximum absolute atomic E-state index is 6.34. The number of benzene rings is 1. The summed E-state index contributed by atoms with van der Waals surface area (Å²) in [6.07, 6.45) is 6.01. The SMILES string of the molecule is CCCn1c(SCc2csc(-c3ccccc3Cl)n2)nnc1-c1csc2c1CCCC2. The number of fused-ring (bicyclic) bond motifs is 1. The van der Waals surface area contributed by atoms with Crippen LogP contribution in [0.1, 0.15) is 42.3 Å². The lowest BCUT2D eigenvalue weighted by molar-refractivity contribution is 0.625. The Bertz CT molecular complexity index is 1190. The van der Waals surface area contributed by atoms with Gasteiger partial charge in [0.1, 0.15) is 5.01 Å². The van der Waals surface area contributed by atoms with E-state index in [0.717, 1.165) is 51.0 Å². The molecule has 0 saturated heterocycles. The second-order valence-corrected chi connectivity index (χ2v) is 10.8. The minimum atomic E-state index is 0.738. The maximum Gasteiger partial charge on any atom is 0.191 e. The van der Waals surface area contributed by atoms with Crippen molar-refractivity contribution >= 4 is 46.0 Å². The molecule has 160 valence electrons. The normalized spacial score (nSPS) is 13.5. The van der Waals surface area contributed by atoms with Crippen molar-refractivity contribution in [1.82, 2.24) is 19.7 Å². The van der Waals surface area contributed by atoms with Crippen LogP contribution in [0.2, 0.25) is 5.02 Å². The van der Waals surface area contributed by atoms with Crippen molar-refractivity contribution < 1.29 is 0 Å². The van der Waals surface area contributed by atoms with Gasteiger partial charge in [0.2, 0.25) is 0 Å². The predicted octanol–water partition coefficient (Wildman–Crippen LogP) is 7.36. The number of thioether (sulfide) groups is 1. The van der Waals surface area contributed by atoms with Crippen molar-refractivity contribution in [3.63, 3.8) is 0 Å². The van der Waals surface area contributed by atoms with Crippen LogP contribution < -0.4 is 0 Å². The van der Waals surface area contributed by atoms with Gasteiger partial charge in [0.05, 0.1) is 10.7 Å². The first-order chi connectivity index (χ1) is 15.2. The standard InChI is InChI=1S/C23H23ClN4S3/c1-2-11-28-21(18-14-29-20-10-6-4-7-16(18)20)26-27-23(28)31-13-15-12-30-22(25-15)17-8-3-5-9-19(17)24/h3,5,8-9,12,14H,2,4,6-7,10-11,13H2,1H3. The van der Waals surface area contributed by atoms with E-state index in [-0.39, 0.29) is 0 Å². The molecule has 4 aromatic rings. The first-order valence-electron chi connectivity index (χ1n) is 10.6. The van der Waals surface area contributed by atoms with Gasteiger partial charge in [-0.1, -0.05) is 48.5 Å². The van der Waals surface area contributed by atoms with Crippen molar-refractivity contribution in [2.45, 2.75) is 56.5 Å². The molecule has 1 aromatic carbocycles. The van der Waals surface area contributed by atoms with Crippen molar-refractivity contribution in [3.05, 3.63) is 56.2 Å². The number of thiazole rings is 1. The Morgan fingerprint density at radius 1 is 1.06 bits per heavy atom. The summed E-state index contributed by atoms with van der Waals surface area (Å²) in [5.41, 5.74) is 4.83. The molecule has 3 aromatic heterocycles. The zero-order valence-corrected chi connectivity index (χ0v) is 20.5. The van der Waals surface area contributed by atoms with Crippen LogP contribution in [0.25, 0.3) is 22.0 Å². The van der Waals surface area contributed by atoms with E-state index in [1.54, 1.807) is 23.1 Å². The zero-order chi connectivity index (χ0) is 21.2. The van der Waals surface area contributed by atoms with E-state index in [2.05, 4.69) is 32.4 Å². The van der Waals surface area contributed by atoms with Crippen molar-refractivity contribution in [3.8, 4) is 22.0 Å². The van der Waals surface area contributed by atoms with Gasteiger partial charge in [-0.15, -0.1) is 32.9 Å². The highest BCUT2D eigenvalue weighted by atomic mass is 35.5. The van der Waals surface area contributed by atoms with Gasteiger partial charge in [0.25, 0.3) is 0 Å². The highest BCUT2D eigenvalue weighted by Gasteiger charge is 2.22. The number of thiophene rings is 1. The second kappa shape index (κ2) is 9.45. The van der Waals surface area contributed by atoms with Crippen LogP contribution in [-0.2, 0) is 25.1 Å². The molecule has 0 radical (unpaired) electrons. The Morgan fingerprint density at radius 2 is 1.94 bits per heavy atom. The van der Waals surface area contributed by atoms with Gasteiger partial charge in [-0.25, -0.2) is 4.98 Å². The highest BCUT2D eigenvalue weighted by Crippen LogP contribution is 2.37. The number of nitrogens with zero attached hydrogens (tertiary/aromatic N) is 4. The molecule has 0 amide bonds. The van der Waals surface area contributed by atoms with E-state index < -0.39 is 0 Å². The quantitative estimate of drug-likeness (QED) is 0.256. The fourth-order valence-electron chi connectivity index (χ4n) is 3.97.